The first-order chi connectivity index (χ1) is 14.6. The zero-order chi connectivity index (χ0) is 20.9. The molecule has 2 aromatic carbocycles. The molecule has 1 aliphatic rings. The monoisotopic (exact) mass is 472 g/mol. The summed E-state index contributed by atoms with van der Waals surface area (Å²) in [6.45, 7) is 3.81. The summed E-state index contributed by atoms with van der Waals surface area (Å²) in [4.78, 5) is 16.8. The number of furan rings is 1. The van der Waals surface area contributed by atoms with E-state index in [2.05, 4.69) is 20.8 Å². The van der Waals surface area contributed by atoms with Crippen LogP contribution in [0, 0.1) is 5.82 Å². The van der Waals surface area contributed by atoms with Gasteiger partial charge in [-0.15, -0.1) is 0 Å². The van der Waals surface area contributed by atoms with Crippen LogP contribution in [0.4, 0.5) is 4.39 Å². The van der Waals surface area contributed by atoms with Crippen LogP contribution in [0.1, 0.15) is 21.9 Å². The summed E-state index contributed by atoms with van der Waals surface area (Å²) in [7, 11) is 0. The lowest BCUT2D eigenvalue weighted by molar-refractivity contribution is 0.0594. The molecule has 1 saturated heterocycles. The molecule has 1 fully saturated rings. The second kappa shape index (κ2) is 9.45. The highest BCUT2D eigenvalue weighted by atomic mass is 79.9. The van der Waals surface area contributed by atoms with Gasteiger partial charge in [0.25, 0.3) is 5.91 Å². The molecule has 0 aliphatic carbocycles. The smallest absolute Gasteiger partial charge is 0.289 e. The maximum atomic E-state index is 13.0. The summed E-state index contributed by atoms with van der Waals surface area (Å²) in [5.41, 5.74) is 1.07. The molecule has 0 radical (unpaired) electrons. The number of amides is 1. The molecule has 0 saturated carbocycles. The van der Waals surface area contributed by atoms with Crippen LogP contribution in [0.25, 0.3) is 0 Å². The van der Waals surface area contributed by atoms with Crippen LogP contribution < -0.4 is 4.74 Å². The number of benzene rings is 2. The highest BCUT2D eigenvalue weighted by Crippen LogP contribution is 2.19. The predicted molar refractivity (Wildman–Crippen MR) is 115 cm³/mol. The van der Waals surface area contributed by atoms with Gasteiger partial charge in [-0.05, 0) is 54.1 Å². The second-order valence-electron chi connectivity index (χ2n) is 7.20. The summed E-state index contributed by atoms with van der Waals surface area (Å²) in [6.07, 6.45) is 0. The van der Waals surface area contributed by atoms with Crippen molar-refractivity contribution in [3.05, 3.63) is 88.0 Å². The fourth-order valence-corrected chi connectivity index (χ4v) is 3.63. The number of carbonyl (C=O) groups excluding carboxylic acids is 1. The number of carbonyl (C=O) groups is 1. The zero-order valence-electron chi connectivity index (χ0n) is 16.4. The van der Waals surface area contributed by atoms with Gasteiger partial charge in [0.05, 0.1) is 0 Å². The molecular weight excluding hydrogens is 451 g/mol. The average Bonchev–Trinajstić information content (AvgIpc) is 3.24. The Hall–Kier alpha value is -2.64. The topological polar surface area (TPSA) is 45.9 Å². The molecule has 0 atom stereocenters. The van der Waals surface area contributed by atoms with Crippen LogP contribution in [0.3, 0.4) is 0 Å². The van der Waals surface area contributed by atoms with Gasteiger partial charge in [0.2, 0.25) is 0 Å². The fraction of sp³-hybridized carbons (Fsp3) is 0.261. The van der Waals surface area contributed by atoms with E-state index in [0.717, 1.165) is 35.4 Å². The lowest BCUT2D eigenvalue weighted by Gasteiger charge is -2.34. The van der Waals surface area contributed by atoms with Crippen molar-refractivity contribution in [2.24, 2.45) is 0 Å². The molecule has 0 unspecified atom stereocenters. The van der Waals surface area contributed by atoms with Crippen molar-refractivity contribution in [1.29, 1.82) is 0 Å². The van der Waals surface area contributed by atoms with E-state index in [0.29, 0.717) is 24.6 Å². The Morgan fingerprint density at radius 3 is 2.37 bits per heavy atom. The van der Waals surface area contributed by atoms with Gasteiger partial charge in [0.1, 0.15) is 23.9 Å². The predicted octanol–water partition coefficient (Wildman–Crippen LogP) is 4.72. The quantitative estimate of drug-likeness (QED) is 0.520. The molecule has 30 heavy (non-hydrogen) atoms. The van der Waals surface area contributed by atoms with Crippen LogP contribution in [0.15, 0.2) is 69.6 Å². The third kappa shape index (κ3) is 5.29. The van der Waals surface area contributed by atoms with Crippen molar-refractivity contribution in [3.8, 4) is 5.75 Å². The lowest BCUT2D eigenvalue weighted by Crippen LogP contribution is -2.48. The summed E-state index contributed by atoms with van der Waals surface area (Å²) in [5, 5.41) is 0. The van der Waals surface area contributed by atoms with Crippen molar-refractivity contribution in [1.82, 2.24) is 9.80 Å². The third-order valence-electron chi connectivity index (χ3n) is 5.05. The highest BCUT2D eigenvalue weighted by molar-refractivity contribution is 9.10. The maximum absolute atomic E-state index is 13.0. The normalized spacial score (nSPS) is 14.7. The highest BCUT2D eigenvalue weighted by Gasteiger charge is 2.24. The fourth-order valence-electron chi connectivity index (χ4n) is 3.37. The van der Waals surface area contributed by atoms with E-state index in [-0.39, 0.29) is 18.3 Å². The first-order valence-corrected chi connectivity index (χ1v) is 10.6. The van der Waals surface area contributed by atoms with E-state index in [4.69, 9.17) is 9.15 Å². The van der Waals surface area contributed by atoms with Crippen LogP contribution in [-0.4, -0.2) is 41.9 Å². The molecule has 156 valence electrons. The van der Waals surface area contributed by atoms with Gasteiger partial charge in [-0.25, -0.2) is 4.39 Å². The molecule has 7 heteroatoms. The standard InChI is InChI=1S/C23H22BrFN2O3/c24-18-3-7-20(8-4-18)29-16-21-9-10-22(30-21)23(28)27-13-11-26(12-14-27)15-17-1-5-19(25)6-2-17/h1-10H,11-16H2. The average molecular weight is 473 g/mol. The van der Waals surface area contributed by atoms with Gasteiger partial charge in [-0.2, -0.15) is 0 Å². The van der Waals surface area contributed by atoms with Gasteiger partial charge in [0.15, 0.2) is 5.76 Å². The van der Waals surface area contributed by atoms with Crippen molar-refractivity contribution in [2.45, 2.75) is 13.2 Å². The first kappa shape index (κ1) is 20.6. The number of ether oxygens (including phenoxy) is 1. The Morgan fingerprint density at radius 1 is 0.967 bits per heavy atom. The first-order valence-electron chi connectivity index (χ1n) is 9.80. The van der Waals surface area contributed by atoms with E-state index in [1.165, 1.54) is 12.1 Å². The minimum Gasteiger partial charge on any atom is -0.486 e. The van der Waals surface area contributed by atoms with Crippen LogP contribution in [0.5, 0.6) is 5.75 Å². The lowest BCUT2D eigenvalue weighted by atomic mass is 10.2. The van der Waals surface area contributed by atoms with Crippen molar-refractivity contribution in [2.75, 3.05) is 26.2 Å². The molecule has 0 spiro atoms. The number of nitrogens with zero attached hydrogens (tertiary/aromatic N) is 2. The Morgan fingerprint density at radius 2 is 1.67 bits per heavy atom. The number of hydrogen-bond donors (Lipinski definition) is 0. The van der Waals surface area contributed by atoms with E-state index in [9.17, 15) is 9.18 Å². The third-order valence-corrected chi connectivity index (χ3v) is 5.57. The molecule has 2 heterocycles. The van der Waals surface area contributed by atoms with Gasteiger partial charge in [-0.3, -0.25) is 9.69 Å². The largest absolute Gasteiger partial charge is 0.486 e. The molecule has 1 aliphatic heterocycles. The second-order valence-corrected chi connectivity index (χ2v) is 8.12. The number of halogens is 2. The van der Waals surface area contributed by atoms with Crippen LogP contribution in [-0.2, 0) is 13.2 Å². The zero-order valence-corrected chi connectivity index (χ0v) is 18.0. The summed E-state index contributed by atoms with van der Waals surface area (Å²) >= 11 is 3.39. The number of rotatable bonds is 6. The van der Waals surface area contributed by atoms with E-state index in [1.807, 2.05) is 24.3 Å². The molecule has 0 bridgehead atoms. The van der Waals surface area contributed by atoms with Crippen molar-refractivity contribution < 1.29 is 18.3 Å². The minimum absolute atomic E-state index is 0.105. The summed E-state index contributed by atoms with van der Waals surface area (Å²) < 4.78 is 25.4. The Balaban J connectivity index is 1.27. The summed E-state index contributed by atoms with van der Waals surface area (Å²) in [5.74, 6) is 1.34. The molecule has 1 amide bonds. The molecular formula is C23H22BrFN2O3. The maximum Gasteiger partial charge on any atom is 0.289 e. The molecule has 4 rings (SSSR count). The van der Waals surface area contributed by atoms with Gasteiger partial charge < -0.3 is 14.1 Å². The SMILES string of the molecule is O=C(c1ccc(COc2ccc(Br)cc2)o1)N1CCN(Cc2ccc(F)cc2)CC1. The Kier molecular flexibility index (Phi) is 6.50. The van der Waals surface area contributed by atoms with E-state index < -0.39 is 0 Å². The van der Waals surface area contributed by atoms with Crippen molar-refractivity contribution in [3.63, 3.8) is 0 Å². The molecule has 0 N–H and O–H groups in total. The van der Waals surface area contributed by atoms with Gasteiger partial charge in [-0.1, -0.05) is 28.1 Å². The van der Waals surface area contributed by atoms with Gasteiger partial charge in [0, 0.05) is 37.2 Å². The van der Waals surface area contributed by atoms with Crippen molar-refractivity contribution >= 4 is 21.8 Å². The van der Waals surface area contributed by atoms with Crippen LogP contribution >= 0.6 is 15.9 Å². The number of piperazine rings is 1. The van der Waals surface area contributed by atoms with E-state index >= 15 is 0 Å². The molecule has 5 nitrogen and oxygen atoms in total. The minimum atomic E-state index is -0.228. The Bertz CT molecular complexity index is 980. The molecule has 1 aromatic heterocycles. The molecule has 3 aromatic rings. The van der Waals surface area contributed by atoms with Gasteiger partial charge >= 0.3 is 0 Å². The number of hydrogen-bond acceptors (Lipinski definition) is 4. The van der Waals surface area contributed by atoms with E-state index in [1.54, 1.807) is 29.2 Å². The Labute approximate surface area is 183 Å². The summed E-state index contributed by atoms with van der Waals surface area (Å²) in [6, 6.07) is 17.6. The van der Waals surface area contributed by atoms with Crippen LogP contribution in [0.2, 0.25) is 0 Å².